The number of rotatable bonds is 3. The monoisotopic (exact) mass is 289 g/mol. The standard InChI is InChI=1S/C16H27N5/c1-13-17-18-15(21(13)14-4-5-14)10-20-9-7-16(12-20)6-3-8-19(2)11-16/h14H,3-12H2,1-2H3. The number of aromatic nitrogens is 3. The van der Waals surface area contributed by atoms with Gasteiger partial charge in [0.25, 0.3) is 0 Å². The molecule has 3 aliphatic rings. The van der Waals surface area contributed by atoms with E-state index in [9.17, 15) is 0 Å². The molecule has 1 saturated carbocycles. The molecule has 5 nitrogen and oxygen atoms in total. The summed E-state index contributed by atoms with van der Waals surface area (Å²) < 4.78 is 2.39. The molecule has 2 aliphatic heterocycles. The smallest absolute Gasteiger partial charge is 0.147 e. The molecule has 1 aliphatic carbocycles. The van der Waals surface area contributed by atoms with E-state index < -0.39 is 0 Å². The number of likely N-dealkylation sites (tertiary alicyclic amines) is 2. The van der Waals surface area contributed by atoms with E-state index in [1.165, 1.54) is 64.1 Å². The molecule has 5 heteroatoms. The number of piperidine rings is 1. The van der Waals surface area contributed by atoms with Crippen LogP contribution >= 0.6 is 0 Å². The predicted molar refractivity (Wildman–Crippen MR) is 82.1 cm³/mol. The van der Waals surface area contributed by atoms with Gasteiger partial charge in [0, 0.05) is 19.1 Å². The predicted octanol–water partition coefficient (Wildman–Crippen LogP) is 1.84. The number of hydrogen-bond donors (Lipinski definition) is 0. The van der Waals surface area contributed by atoms with Crippen LogP contribution in [0.2, 0.25) is 0 Å². The van der Waals surface area contributed by atoms with E-state index in [1.54, 1.807) is 0 Å². The molecule has 0 N–H and O–H groups in total. The summed E-state index contributed by atoms with van der Waals surface area (Å²) in [4.78, 5) is 5.13. The van der Waals surface area contributed by atoms with E-state index in [1.807, 2.05) is 0 Å². The molecular weight excluding hydrogens is 262 g/mol. The van der Waals surface area contributed by atoms with Crippen molar-refractivity contribution in [2.45, 2.75) is 51.6 Å². The molecule has 1 spiro atoms. The Labute approximate surface area is 127 Å². The van der Waals surface area contributed by atoms with Crippen molar-refractivity contribution in [3.8, 4) is 0 Å². The Bertz CT molecular complexity index is 521. The van der Waals surface area contributed by atoms with E-state index in [-0.39, 0.29) is 0 Å². The first kappa shape index (κ1) is 13.7. The third kappa shape index (κ3) is 2.61. The van der Waals surface area contributed by atoms with Gasteiger partial charge in [-0.15, -0.1) is 10.2 Å². The van der Waals surface area contributed by atoms with Crippen LogP contribution in [-0.2, 0) is 6.54 Å². The summed E-state index contributed by atoms with van der Waals surface area (Å²) in [7, 11) is 2.27. The summed E-state index contributed by atoms with van der Waals surface area (Å²) in [6, 6.07) is 0.687. The van der Waals surface area contributed by atoms with Gasteiger partial charge in [0.15, 0.2) is 0 Å². The van der Waals surface area contributed by atoms with E-state index in [0.29, 0.717) is 11.5 Å². The molecule has 116 valence electrons. The van der Waals surface area contributed by atoms with Crippen LogP contribution in [0.5, 0.6) is 0 Å². The summed E-state index contributed by atoms with van der Waals surface area (Å²) in [6.45, 7) is 8.10. The Hall–Kier alpha value is -0.940. The lowest BCUT2D eigenvalue weighted by molar-refractivity contribution is 0.111. The molecule has 2 saturated heterocycles. The van der Waals surface area contributed by atoms with E-state index >= 15 is 0 Å². The summed E-state index contributed by atoms with van der Waals surface area (Å²) in [5, 5.41) is 8.76. The zero-order chi connectivity index (χ0) is 14.4. The fourth-order valence-electron chi connectivity index (χ4n) is 4.48. The summed E-state index contributed by atoms with van der Waals surface area (Å²) in [5.41, 5.74) is 0.548. The molecule has 1 unspecified atom stereocenters. The van der Waals surface area contributed by atoms with Gasteiger partial charge in [0.05, 0.1) is 6.54 Å². The highest BCUT2D eigenvalue weighted by atomic mass is 15.3. The van der Waals surface area contributed by atoms with Crippen molar-refractivity contribution in [2.75, 3.05) is 33.2 Å². The fraction of sp³-hybridized carbons (Fsp3) is 0.875. The Balaban J connectivity index is 1.44. The van der Waals surface area contributed by atoms with Gasteiger partial charge < -0.3 is 9.47 Å². The first-order chi connectivity index (χ1) is 10.2. The van der Waals surface area contributed by atoms with Crippen molar-refractivity contribution in [1.82, 2.24) is 24.6 Å². The zero-order valence-corrected chi connectivity index (χ0v) is 13.4. The molecule has 1 aromatic rings. The minimum atomic E-state index is 0.548. The van der Waals surface area contributed by atoms with Gasteiger partial charge >= 0.3 is 0 Å². The number of nitrogens with zero attached hydrogens (tertiary/aromatic N) is 5. The lowest BCUT2D eigenvalue weighted by Crippen LogP contribution is -2.42. The molecule has 0 bridgehead atoms. The molecule has 0 radical (unpaired) electrons. The average molecular weight is 289 g/mol. The first-order valence-electron chi connectivity index (χ1n) is 8.47. The van der Waals surface area contributed by atoms with Crippen molar-refractivity contribution in [3.63, 3.8) is 0 Å². The Morgan fingerprint density at radius 3 is 2.76 bits per heavy atom. The van der Waals surface area contributed by atoms with E-state index in [4.69, 9.17) is 0 Å². The average Bonchev–Trinajstić information content (AvgIpc) is 3.12. The SMILES string of the molecule is Cc1nnc(CN2CCC3(CCCN(C)C3)C2)n1C1CC1. The normalized spacial score (nSPS) is 31.3. The Morgan fingerprint density at radius 2 is 2.00 bits per heavy atom. The molecular formula is C16H27N5. The maximum absolute atomic E-state index is 4.45. The lowest BCUT2D eigenvalue weighted by atomic mass is 9.79. The number of hydrogen-bond acceptors (Lipinski definition) is 4. The first-order valence-corrected chi connectivity index (χ1v) is 8.47. The maximum Gasteiger partial charge on any atom is 0.147 e. The van der Waals surface area contributed by atoms with Gasteiger partial charge in [0.1, 0.15) is 11.6 Å². The summed E-state index contributed by atoms with van der Waals surface area (Å²) in [6.07, 6.45) is 6.74. The van der Waals surface area contributed by atoms with Crippen molar-refractivity contribution < 1.29 is 0 Å². The third-order valence-corrected chi connectivity index (χ3v) is 5.58. The van der Waals surface area contributed by atoms with Crippen molar-refractivity contribution in [2.24, 2.45) is 5.41 Å². The molecule has 1 atom stereocenters. The molecule has 0 amide bonds. The second-order valence-electron chi connectivity index (χ2n) is 7.57. The maximum atomic E-state index is 4.45. The van der Waals surface area contributed by atoms with Crippen molar-refractivity contribution in [3.05, 3.63) is 11.6 Å². The van der Waals surface area contributed by atoms with Crippen molar-refractivity contribution in [1.29, 1.82) is 0 Å². The van der Waals surface area contributed by atoms with Crippen LogP contribution in [-0.4, -0.2) is 57.8 Å². The Kier molecular flexibility index (Phi) is 3.30. The second-order valence-corrected chi connectivity index (χ2v) is 7.57. The molecule has 4 rings (SSSR count). The van der Waals surface area contributed by atoms with Gasteiger partial charge in [-0.1, -0.05) is 0 Å². The van der Waals surface area contributed by atoms with Crippen LogP contribution in [0.25, 0.3) is 0 Å². The highest BCUT2D eigenvalue weighted by Gasteiger charge is 2.41. The fourth-order valence-corrected chi connectivity index (χ4v) is 4.48. The molecule has 0 aromatic carbocycles. The van der Waals surface area contributed by atoms with Crippen LogP contribution < -0.4 is 0 Å². The van der Waals surface area contributed by atoms with Gasteiger partial charge in [-0.05, 0) is 64.6 Å². The van der Waals surface area contributed by atoms with Crippen molar-refractivity contribution >= 4 is 0 Å². The topological polar surface area (TPSA) is 37.2 Å². The second kappa shape index (κ2) is 5.06. The van der Waals surface area contributed by atoms with Crippen LogP contribution in [0.15, 0.2) is 0 Å². The van der Waals surface area contributed by atoms with Gasteiger partial charge in [-0.2, -0.15) is 0 Å². The highest BCUT2D eigenvalue weighted by molar-refractivity contribution is 5.03. The van der Waals surface area contributed by atoms with Gasteiger partial charge in [-0.25, -0.2) is 0 Å². The molecule has 1 aromatic heterocycles. The third-order valence-electron chi connectivity index (χ3n) is 5.58. The Morgan fingerprint density at radius 1 is 1.14 bits per heavy atom. The highest BCUT2D eigenvalue weighted by Crippen LogP contribution is 2.40. The van der Waals surface area contributed by atoms with Gasteiger partial charge in [0.2, 0.25) is 0 Å². The van der Waals surface area contributed by atoms with Crippen LogP contribution in [0.4, 0.5) is 0 Å². The molecule has 3 fully saturated rings. The van der Waals surface area contributed by atoms with E-state index in [0.717, 1.165) is 12.4 Å². The minimum absolute atomic E-state index is 0.548. The lowest BCUT2D eigenvalue weighted by Gasteiger charge is -2.38. The van der Waals surface area contributed by atoms with Gasteiger partial charge in [-0.3, -0.25) is 4.90 Å². The van der Waals surface area contributed by atoms with E-state index in [2.05, 4.69) is 38.5 Å². The zero-order valence-electron chi connectivity index (χ0n) is 13.4. The van der Waals surface area contributed by atoms with Crippen LogP contribution in [0.3, 0.4) is 0 Å². The molecule has 21 heavy (non-hydrogen) atoms. The van der Waals surface area contributed by atoms with Crippen LogP contribution in [0.1, 0.15) is 49.8 Å². The quantitative estimate of drug-likeness (QED) is 0.851. The summed E-state index contributed by atoms with van der Waals surface area (Å²) in [5.74, 6) is 2.29. The van der Waals surface area contributed by atoms with Crippen LogP contribution in [0, 0.1) is 12.3 Å². The molecule has 3 heterocycles. The minimum Gasteiger partial charge on any atom is -0.311 e. The largest absolute Gasteiger partial charge is 0.311 e. The number of aryl methyl sites for hydroxylation is 1. The summed E-state index contributed by atoms with van der Waals surface area (Å²) >= 11 is 0.